The topological polar surface area (TPSA) is 33.1 Å². The average Bonchev–Trinajstić information content (AvgIpc) is 2.70. The van der Waals surface area contributed by atoms with Crippen LogP contribution in [-0.2, 0) is 6.61 Å². The number of thiazole rings is 1. The van der Waals surface area contributed by atoms with Gasteiger partial charge in [0.05, 0.1) is 16.8 Å². The molecule has 2 nitrogen and oxygen atoms in total. The highest BCUT2D eigenvalue weighted by Crippen LogP contribution is 2.27. The number of hydrogen-bond donors (Lipinski definition) is 1. The third-order valence-electron chi connectivity index (χ3n) is 1.88. The smallest absolute Gasteiger partial charge is 0.137 e. The van der Waals surface area contributed by atoms with Crippen LogP contribution in [0.1, 0.15) is 5.69 Å². The maximum absolute atomic E-state index is 13.0. The van der Waals surface area contributed by atoms with Crippen LogP contribution in [0.4, 0.5) is 4.39 Å². The van der Waals surface area contributed by atoms with E-state index in [1.165, 1.54) is 17.4 Å². The van der Waals surface area contributed by atoms with Crippen molar-refractivity contribution in [3.8, 4) is 10.6 Å². The van der Waals surface area contributed by atoms with E-state index in [9.17, 15) is 4.39 Å². The van der Waals surface area contributed by atoms with Gasteiger partial charge in [0, 0.05) is 10.9 Å². The summed E-state index contributed by atoms with van der Waals surface area (Å²) in [4.78, 5) is 4.19. The SMILES string of the molecule is OCc1csc(-c2ccc(F)c(Br)c2)n1. The second kappa shape index (κ2) is 4.38. The van der Waals surface area contributed by atoms with Crippen LogP contribution in [0.2, 0.25) is 0 Å². The van der Waals surface area contributed by atoms with Crippen molar-refractivity contribution in [3.05, 3.63) is 39.6 Å². The van der Waals surface area contributed by atoms with Crippen molar-refractivity contribution in [1.82, 2.24) is 4.98 Å². The molecule has 1 aromatic heterocycles. The van der Waals surface area contributed by atoms with Gasteiger partial charge >= 0.3 is 0 Å². The Bertz CT molecular complexity index is 486. The first-order chi connectivity index (χ1) is 7.20. The Kier molecular flexibility index (Phi) is 3.14. The second-order valence-electron chi connectivity index (χ2n) is 2.93. The molecule has 2 aromatic rings. The van der Waals surface area contributed by atoms with Crippen molar-refractivity contribution in [1.29, 1.82) is 0 Å². The van der Waals surface area contributed by atoms with Crippen molar-refractivity contribution in [2.75, 3.05) is 0 Å². The molecule has 0 aliphatic heterocycles. The summed E-state index contributed by atoms with van der Waals surface area (Å²) in [6.07, 6.45) is 0. The monoisotopic (exact) mass is 287 g/mol. The largest absolute Gasteiger partial charge is 0.390 e. The number of aliphatic hydroxyl groups excluding tert-OH is 1. The first-order valence-corrected chi connectivity index (χ1v) is 5.88. The number of nitrogens with zero attached hydrogens (tertiary/aromatic N) is 1. The minimum atomic E-state index is -0.294. The lowest BCUT2D eigenvalue weighted by molar-refractivity contribution is 0.278. The van der Waals surface area contributed by atoms with E-state index in [1.54, 1.807) is 17.5 Å². The van der Waals surface area contributed by atoms with Gasteiger partial charge in [-0.15, -0.1) is 11.3 Å². The zero-order valence-electron chi connectivity index (χ0n) is 7.58. The molecule has 1 N–H and O–H groups in total. The maximum atomic E-state index is 13.0. The Hall–Kier alpha value is -0.780. The molecule has 0 saturated heterocycles. The number of aliphatic hydroxyl groups is 1. The third kappa shape index (κ3) is 2.25. The van der Waals surface area contributed by atoms with Gasteiger partial charge in [-0.1, -0.05) is 0 Å². The Morgan fingerprint density at radius 2 is 2.27 bits per heavy atom. The first kappa shape index (κ1) is 10.7. The quantitative estimate of drug-likeness (QED) is 0.920. The Morgan fingerprint density at radius 3 is 2.87 bits per heavy atom. The van der Waals surface area contributed by atoms with Gasteiger partial charge in [-0.2, -0.15) is 0 Å². The second-order valence-corrected chi connectivity index (χ2v) is 4.64. The van der Waals surface area contributed by atoms with Crippen molar-refractivity contribution in [2.24, 2.45) is 0 Å². The number of rotatable bonds is 2. The Morgan fingerprint density at radius 1 is 1.47 bits per heavy atom. The van der Waals surface area contributed by atoms with Crippen LogP contribution in [-0.4, -0.2) is 10.1 Å². The average molecular weight is 288 g/mol. The van der Waals surface area contributed by atoms with E-state index in [0.717, 1.165) is 10.6 Å². The van der Waals surface area contributed by atoms with Gasteiger partial charge in [0.1, 0.15) is 10.8 Å². The van der Waals surface area contributed by atoms with E-state index < -0.39 is 0 Å². The highest BCUT2D eigenvalue weighted by atomic mass is 79.9. The standard InChI is InChI=1S/C10H7BrFNOS/c11-8-3-6(1-2-9(8)12)10-13-7(4-14)5-15-10/h1-3,5,14H,4H2. The predicted molar refractivity (Wildman–Crippen MR) is 61.1 cm³/mol. The molecule has 0 aliphatic carbocycles. The summed E-state index contributed by atoms with van der Waals surface area (Å²) in [6, 6.07) is 4.73. The summed E-state index contributed by atoms with van der Waals surface area (Å²) in [5, 5.41) is 11.4. The molecule has 0 amide bonds. The van der Waals surface area contributed by atoms with Crippen LogP contribution in [0.15, 0.2) is 28.1 Å². The van der Waals surface area contributed by atoms with Crippen LogP contribution in [0.25, 0.3) is 10.6 Å². The van der Waals surface area contributed by atoms with Crippen LogP contribution in [0.3, 0.4) is 0 Å². The fraction of sp³-hybridized carbons (Fsp3) is 0.100. The van der Waals surface area contributed by atoms with Gasteiger partial charge in [0.25, 0.3) is 0 Å². The highest BCUT2D eigenvalue weighted by Gasteiger charge is 2.06. The molecule has 78 valence electrons. The van der Waals surface area contributed by atoms with Gasteiger partial charge < -0.3 is 5.11 Å². The van der Waals surface area contributed by atoms with Crippen LogP contribution >= 0.6 is 27.3 Å². The number of hydrogen-bond acceptors (Lipinski definition) is 3. The van der Waals surface area contributed by atoms with Crippen molar-refractivity contribution in [2.45, 2.75) is 6.61 Å². The fourth-order valence-electron chi connectivity index (χ4n) is 1.14. The number of halogens is 2. The lowest BCUT2D eigenvalue weighted by atomic mass is 10.2. The zero-order chi connectivity index (χ0) is 10.8. The third-order valence-corrected chi connectivity index (χ3v) is 3.43. The van der Waals surface area contributed by atoms with Gasteiger partial charge in [-0.25, -0.2) is 9.37 Å². The van der Waals surface area contributed by atoms with Gasteiger partial charge in [0.2, 0.25) is 0 Å². The zero-order valence-corrected chi connectivity index (χ0v) is 9.98. The van der Waals surface area contributed by atoms with E-state index >= 15 is 0 Å². The minimum Gasteiger partial charge on any atom is -0.390 e. The van der Waals surface area contributed by atoms with Gasteiger partial charge in [0.15, 0.2) is 0 Å². The van der Waals surface area contributed by atoms with Crippen molar-refractivity contribution >= 4 is 27.3 Å². The summed E-state index contributed by atoms with van der Waals surface area (Å²) in [6.45, 7) is -0.0706. The molecule has 2 rings (SSSR count). The van der Waals surface area contributed by atoms with Crippen molar-refractivity contribution < 1.29 is 9.50 Å². The molecule has 5 heteroatoms. The molecule has 1 aromatic carbocycles. The summed E-state index contributed by atoms with van der Waals surface area (Å²) in [5.41, 5.74) is 1.48. The normalized spacial score (nSPS) is 10.6. The summed E-state index contributed by atoms with van der Waals surface area (Å²) < 4.78 is 13.4. The van der Waals surface area contributed by atoms with E-state index in [1.807, 2.05) is 0 Å². The predicted octanol–water partition coefficient (Wildman–Crippen LogP) is 3.20. The molecule has 0 atom stereocenters. The fourth-order valence-corrected chi connectivity index (χ4v) is 2.33. The molecule has 0 bridgehead atoms. The molecule has 0 aliphatic rings. The van der Waals surface area contributed by atoms with Gasteiger partial charge in [-0.3, -0.25) is 0 Å². The highest BCUT2D eigenvalue weighted by molar-refractivity contribution is 9.10. The lowest BCUT2D eigenvalue weighted by Crippen LogP contribution is -1.84. The molecular formula is C10H7BrFNOS. The molecule has 15 heavy (non-hydrogen) atoms. The number of benzene rings is 1. The van der Waals surface area contributed by atoms with E-state index in [4.69, 9.17) is 5.11 Å². The minimum absolute atomic E-state index is 0.0706. The first-order valence-electron chi connectivity index (χ1n) is 4.21. The van der Waals surface area contributed by atoms with E-state index in [-0.39, 0.29) is 12.4 Å². The maximum Gasteiger partial charge on any atom is 0.137 e. The molecule has 0 fully saturated rings. The van der Waals surface area contributed by atoms with Crippen molar-refractivity contribution in [3.63, 3.8) is 0 Å². The lowest BCUT2D eigenvalue weighted by Gasteiger charge is -1.98. The molecule has 0 spiro atoms. The van der Waals surface area contributed by atoms with Crippen LogP contribution < -0.4 is 0 Å². The molecule has 0 unspecified atom stereocenters. The number of aromatic nitrogens is 1. The van der Waals surface area contributed by atoms with E-state index in [2.05, 4.69) is 20.9 Å². The van der Waals surface area contributed by atoms with Crippen LogP contribution in [0.5, 0.6) is 0 Å². The summed E-state index contributed by atoms with van der Waals surface area (Å²) in [5.74, 6) is -0.294. The summed E-state index contributed by atoms with van der Waals surface area (Å²) in [7, 11) is 0. The molecule has 1 heterocycles. The molecule has 0 saturated carbocycles. The van der Waals surface area contributed by atoms with E-state index in [0.29, 0.717) is 10.2 Å². The summed E-state index contributed by atoms with van der Waals surface area (Å²) >= 11 is 4.55. The Labute approximate surface area is 98.5 Å². The molecule has 0 radical (unpaired) electrons. The van der Waals surface area contributed by atoms with Crippen LogP contribution in [0, 0.1) is 5.82 Å². The Balaban J connectivity index is 2.40. The van der Waals surface area contributed by atoms with Gasteiger partial charge in [-0.05, 0) is 34.1 Å². The molecular weight excluding hydrogens is 281 g/mol.